The highest BCUT2D eigenvalue weighted by atomic mass is 16.6. The zero-order valence-corrected chi connectivity index (χ0v) is 12.5. The third-order valence-corrected chi connectivity index (χ3v) is 3.10. The number of nitrogens with one attached hydrogen (secondary N) is 1. The van der Waals surface area contributed by atoms with Crippen LogP contribution < -0.4 is 10.5 Å². The molecule has 0 aliphatic rings. The van der Waals surface area contributed by atoms with Crippen LogP contribution in [-0.2, 0) is 11.3 Å². The van der Waals surface area contributed by atoms with Crippen molar-refractivity contribution in [2.45, 2.75) is 13.5 Å². The lowest BCUT2D eigenvalue weighted by atomic mass is 10.1. The van der Waals surface area contributed by atoms with Crippen molar-refractivity contribution in [2.24, 2.45) is 5.10 Å². The molecule has 1 heterocycles. The summed E-state index contributed by atoms with van der Waals surface area (Å²) in [5, 5.41) is 25.4. The second-order valence-corrected chi connectivity index (χ2v) is 4.67. The zero-order valence-electron chi connectivity index (χ0n) is 12.5. The normalized spacial score (nSPS) is 10.7. The Morgan fingerprint density at radius 2 is 2.12 bits per heavy atom. The number of aryl methyl sites for hydroxylation is 1. The first-order valence-electron chi connectivity index (χ1n) is 6.69. The van der Waals surface area contributed by atoms with Gasteiger partial charge in [-0.05, 0) is 4.92 Å². The minimum atomic E-state index is -1.37. The molecule has 0 atom stereocenters. The minimum absolute atomic E-state index is 0.0726. The van der Waals surface area contributed by atoms with Crippen molar-refractivity contribution < 1.29 is 19.6 Å². The van der Waals surface area contributed by atoms with Crippen LogP contribution in [0.1, 0.15) is 21.7 Å². The highest BCUT2D eigenvalue weighted by molar-refractivity contribution is 5.97. The summed E-state index contributed by atoms with van der Waals surface area (Å²) in [5.74, 6) is -1.99. The molecule has 24 heavy (non-hydrogen) atoms. The van der Waals surface area contributed by atoms with Gasteiger partial charge >= 0.3 is 5.82 Å². The summed E-state index contributed by atoms with van der Waals surface area (Å²) in [6, 6.07) is 5.97. The average Bonchev–Trinajstić information content (AvgIpc) is 2.89. The smallest absolute Gasteiger partial charge is 0.343 e. The van der Waals surface area contributed by atoms with E-state index in [1.807, 2.05) is 0 Å². The Bertz CT molecular complexity index is 827. The Labute approximate surface area is 135 Å². The summed E-state index contributed by atoms with van der Waals surface area (Å²) in [5.41, 5.74) is 2.35. The number of hydrazone groups is 1. The molecule has 0 saturated heterocycles. The molecule has 0 aliphatic heterocycles. The van der Waals surface area contributed by atoms with E-state index < -0.39 is 16.8 Å². The molecule has 2 rings (SSSR count). The van der Waals surface area contributed by atoms with Crippen molar-refractivity contribution in [3.05, 3.63) is 57.5 Å². The third-order valence-electron chi connectivity index (χ3n) is 3.10. The molecule has 0 aliphatic carbocycles. The van der Waals surface area contributed by atoms with E-state index in [0.29, 0.717) is 5.82 Å². The number of hydrogen-bond donors (Lipinski definition) is 1. The van der Waals surface area contributed by atoms with Crippen LogP contribution in [-0.4, -0.2) is 32.6 Å². The maximum atomic E-state index is 11.8. The van der Waals surface area contributed by atoms with E-state index in [-0.39, 0.29) is 23.5 Å². The van der Waals surface area contributed by atoms with Crippen molar-refractivity contribution in [3.8, 4) is 0 Å². The Morgan fingerprint density at radius 1 is 1.42 bits per heavy atom. The first kappa shape index (κ1) is 16.8. The molecule has 2 aromatic rings. The summed E-state index contributed by atoms with van der Waals surface area (Å²) in [6.07, 6.45) is 2.21. The fourth-order valence-corrected chi connectivity index (χ4v) is 1.95. The summed E-state index contributed by atoms with van der Waals surface area (Å²) >= 11 is 0. The Balaban J connectivity index is 2.06. The summed E-state index contributed by atoms with van der Waals surface area (Å²) in [6.45, 7) is 1.18. The van der Waals surface area contributed by atoms with Crippen LogP contribution in [0.3, 0.4) is 0 Å². The van der Waals surface area contributed by atoms with Gasteiger partial charge in [0.15, 0.2) is 12.4 Å². The molecule has 1 amide bonds. The van der Waals surface area contributed by atoms with Crippen molar-refractivity contribution in [2.75, 3.05) is 0 Å². The predicted octanol–water partition coefficient (Wildman–Crippen LogP) is -0.386. The van der Waals surface area contributed by atoms with E-state index in [9.17, 15) is 24.8 Å². The molecule has 0 unspecified atom stereocenters. The van der Waals surface area contributed by atoms with Crippen molar-refractivity contribution in [1.82, 2.24) is 15.0 Å². The Morgan fingerprint density at radius 3 is 2.79 bits per heavy atom. The van der Waals surface area contributed by atoms with Gasteiger partial charge in [-0.2, -0.15) is 5.10 Å². The number of carboxylic acid groups (broad SMARTS) is 1. The molecule has 1 aromatic carbocycles. The van der Waals surface area contributed by atoms with Gasteiger partial charge in [0.05, 0.1) is 12.2 Å². The summed E-state index contributed by atoms with van der Waals surface area (Å²) in [4.78, 5) is 36.7. The van der Waals surface area contributed by atoms with Crippen LogP contribution in [0, 0.1) is 17.0 Å². The zero-order chi connectivity index (χ0) is 17.7. The lowest BCUT2D eigenvalue weighted by molar-refractivity contribution is -0.392. The highest BCUT2D eigenvalue weighted by Gasteiger charge is 2.19. The number of nitro groups is 1. The molecule has 0 bridgehead atoms. The first-order chi connectivity index (χ1) is 11.4. The molecule has 0 fully saturated rings. The maximum Gasteiger partial charge on any atom is 0.343 e. The summed E-state index contributed by atoms with van der Waals surface area (Å²) < 4.78 is 1.12. The van der Waals surface area contributed by atoms with E-state index in [1.54, 1.807) is 6.07 Å². The van der Waals surface area contributed by atoms with Crippen LogP contribution in [0.4, 0.5) is 5.82 Å². The van der Waals surface area contributed by atoms with E-state index >= 15 is 0 Å². The number of amides is 1. The number of carboxylic acids is 1. The second kappa shape index (κ2) is 7.13. The van der Waals surface area contributed by atoms with E-state index in [2.05, 4.69) is 15.5 Å². The lowest BCUT2D eigenvalue weighted by Crippen LogP contribution is -2.25. The SMILES string of the molecule is Cc1ncc([N+](=O)[O-])n1CC(=O)N/N=C\c1ccccc1C(=O)[O-]. The number of rotatable bonds is 6. The number of hydrogen-bond acceptors (Lipinski definition) is 7. The van der Waals surface area contributed by atoms with Gasteiger partial charge < -0.3 is 20.0 Å². The number of imidazole rings is 1. The number of carbonyl (C=O) groups is 2. The number of benzene rings is 1. The maximum absolute atomic E-state index is 11.8. The van der Waals surface area contributed by atoms with Gasteiger partial charge in [-0.3, -0.25) is 4.79 Å². The van der Waals surface area contributed by atoms with Crippen LogP contribution in [0.2, 0.25) is 0 Å². The average molecular weight is 330 g/mol. The summed E-state index contributed by atoms with van der Waals surface area (Å²) in [7, 11) is 0. The van der Waals surface area contributed by atoms with Crippen molar-refractivity contribution in [1.29, 1.82) is 0 Å². The number of aromatic carboxylic acids is 1. The molecule has 0 saturated carbocycles. The van der Waals surface area contributed by atoms with Crippen molar-refractivity contribution >= 4 is 23.9 Å². The Hall–Kier alpha value is -3.56. The number of aromatic nitrogens is 2. The minimum Gasteiger partial charge on any atom is -0.545 e. The first-order valence-corrected chi connectivity index (χ1v) is 6.69. The van der Waals surface area contributed by atoms with Gasteiger partial charge in [0.25, 0.3) is 5.91 Å². The van der Waals surface area contributed by atoms with Gasteiger partial charge in [-0.15, -0.1) is 0 Å². The third kappa shape index (κ3) is 3.80. The number of carbonyl (C=O) groups excluding carboxylic acids is 2. The monoisotopic (exact) mass is 330 g/mol. The van der Waals surface area contributed by atoms with Crippen LogP contribution >= 0.6 is 0 Å². The molecular formula is C14H12N5O5-. The molecule has 10 nitrogen and oxygen atoms in total. The largest absolute Gasteiger partial charge is 0.545 e. The molecule has 0 radical (unpaired) electrons. The number of nitrogens with zero attached hydrogens (tertiary/aromatic N) is 4. The second-order valence-electron chi connectivity index (χ2n) is 4.67. The quantitative estimate of drug-likeness (QED) is 0.434. The van der Waals surface area contributed by atoms with E-state index in [1.165, 1.54) is 25.1 Å². The lowest BCUT2D eigenvalue weighted by Gasteiger charge is -2.05. The molecule has 124 valence electrons. The van der Waals surface area contributed by atoms with E-state index in [4.69, 9.17) is 0 Å². The van der Waals surface area contributed by atoms with Crippen LogP contribution in [0.5, 0.6) is 0 Å². The van der Waals surface area contributed by atoms with E-state index in [0.717, 1.165) is 17.0 Å². The fraction of sp³-hybridized carbons (Fsp3) is 0.143. The van der Waals surface area contributed by atoms with Gasteiger partial charge in [-0.1, -0.05) is 24.3 Å². The Kier molecular flexibility index (Phi) is 5.00. The van der Waals surface area contributed by atoms with Crippen LogP contribution in [0.25, 0.3) is 0 Å². The van der Waals surface area contributed by atoms with Gasteiger partial charge in [0.1, 0.15) is 6.20 Å². The van der Waals surface area contributed by atoms with Crippen LogP contribution in [0.15, 0.2) is 35.6 Å². The van der Waals surface area contributed by atoms with Gasteiger partial charge in [0, 0.05) is 18.1 Å². The molecular weight excluding hydrogens is 318 g/mol. The molecule has 10 heteroatoms. The molecule has 1 aromatic heterocycles. The predicted molar refractivity (Wildman–Crippen MR) is 80.1 cm³/mol. The fourth-order valence-electron chi connectivity index (χ4n) is 1.95. The van der Waals surface area contributed by atoms with Crippen molar-refractivity contribution in [3.63, 3.8) is 0 Å². The highest BCUT2D eigenvalue weighted by Crippen LogP contribution is 2.12. The molecule has 1 N–H and O–H groups in total. The van der Waals surface area contributed by atoms with Gasteiger partial charge in [-0.25, -0.2) is 15.0 Å². The topological polar surface area (TPSA) is 143 Å². The molecule has 0 spiro atoms. The van der Waals surface area contributed by atoms with Gasteiger partial charge in [0.2, 0.25) is 0 Å². The standard InChI is InChI=1S/C14H13N5O5/c1-9-15-7-13(19(23)24)18(9)8-12(20)17-16-6-10-4-2-3-5-11(10)14(21)22/h2-7H,8H2,1H3,(H,17,20)(H,21,22)/p-1/b16-6-.